The summed E-state index contributed by atoms with van der Waals surface area (Å²) in [5, 5.41) is 0. The standard InChI is InChI=1S/C21H26N2O3/c1-4-16-8-10-17(11-9-16)22-12-14-23(15-13-22)21(24)20-18(25-2)6-5-7-19(20)26-3/h5-11H,4,12-15H2,1-3H3. The molecule has 2 aromatic carbocycles. The van der Waals surface area contributed by atoms with Crippen molar-refractivity contribution < 1.29 is 14.3 Å². The molecule has 1 aliphatic rings. The number of benzene rings is 2. The molecule has 0 bridgehead atoms. The number of piperazine rings is 1. The van der Waals surface area contributed by atoms with Crippen LogP contribution in [0.2, 0.25) is 0 Å². The molecule has 5 nitrogen and oxygen atoms in total. The minimum atomic E-state index is -0.0414. The maximum atomic E-state index is 13.0. The quantitative estimate of drug-likeness (QED) is 0.827. The molecule has 2 aromatic rings. The van der Waals surface area contributed by atoms with Gasteiger partial charge in [0.25, 0.3) is 5.91 Å². The molecule has 1 heterocycles. The van der Waals surface area contributed by atoms with Crippen LogP contribution >= 0.6 is 0 Å². The minimum absolute atomic E-state index is 0.0414. The summed E-state index contributed by atoms with van der Waals surface area (Å²) in [5.74, 6) is 1.05. The monoisotopic (exact) mass is 354 g/mol. The van der Waals surface area contributed by atoms with Crippen molar-refractivity contribution in [2.45, 2.75) is 13.3 Å². The molecule has 1 fully saturated rings. The van der Waals surface area contributed by atoms with E-state index in [9.17, 15) is 4.79 Å². The first-order valence-corrected chi connectivity index (χ1v) is 9.02. The first-order valence-electron chi connectivity index (χ1n) is 9.02. The van der Waals surface area contributed by atoms with Gasteiger partial charge in [-0.3, -0.25) is 4.79 Å². The highest BCUT2D eigenvalue weighted by Gasteiger charge is 2.27. The first kappa shape index (κ1) is 18.1. The van der Waals surface area contributed by atoms with E-state index in [1.165, 1.54) is 11.3 Å². The number of ether oxygens (including phenoxy) is 2. The van der Waals surface area contributed by atoms with Crippen LogP contribution < -0.4 is 14.4 Å². The molecule has 0 radical (unpaired) electrons. The van der Waals surface area contributed by atoms with E-state index in [2.05, 4.69) is 36.1 Å². The summed E-state index contributed by atoms with van der Waals surface area (Å²) in [6, 6.07) is 14.1. The van der Waals surface area contributed by atoms with Gasteiger partial charge >= 0.3 is 0 Å². The number of aryl methyl sites for hydroxylation is 1. The number of methoxy groups -OCH3 is 2. The summed E-state index contributed by atoms with van der Waals surface area (Å²) in [7, 11) is 3.15. The fourth-order valence-corrected chi connectivity index (χ4v) is 3.33. The maximum absolute atomic E-state index is 13.0. The van der Waals surface area contributed by atoms with E-state index in [0.717, 1.165) is 19.5 Å². The average Bonchev–Trinajstić information content (AvgIpc) is 2.72. The number of amides is 1. The molecule has 0 saturated carbocycles. The summed E-state index contributed by atoms with van der Waals surface area (Å²) in [4.78, 5) is 17.2. The zero-order valence-electron chi connectivity index (χ0n) is 15.7. The van der Waals surface area contributed by atoms with E-state index in [-0.39, 0.29) is 5.91 Å². The molecule has 26 heavy (non-hydrogen) atoms. The largest absolute Gasteiger partial charge is 0.496 e. The lowest BCUT2D eigenvalue weighted by Gasteiger charge is -2.36. The van der Waals surface area contributed by atoms with Crippen molar-refractivity contribution in [2.75, 3.05) is 45.3 Å². The zero-order valence-corrected chi connectivity index (χ0v) is 15.7. The van der Waals surface area contributed by atoms with Crippen molar-refractivity contribution >= 4 is 11.6 Å². The lowest BCUT2D eigenvalue weighted by molar-refractivity contribution is 0.0740. The molecule has 0 spiro atoms. The Balaban J connectivity index is 1.71. The molecular weight excluding hydrogens is 328 g/mol. The van der Waals surface area contributed by atoms with E-state index in [0.29, 0.717) is 30.2 Å². The average molecular weight is 354 g/mol. The second kappa shape index (κ2) is 8.13. The molecule has 5 heteroatoms. The Labute approximate surface area is 155 Å². The Kier molecular flexibility index (Phi) is 5.66. The molecule has 0 aromatic heterocycles. The van der Waals surface area contributed by atoms with E-state index < -0.39 is 0 Å². The molecule has 1 amide bonds. The van der Waals surface area contributed by atoms with Gasteiger partial charge in [-0.15, -0.1) is 0 Å². The Morgan fingerprint density at radius 3 is 2.00 bits per heavy atom. The predicted molar refractivity (Wildman–Crippen MR) is 103 cm³/mol. The number of carbonyl (C=O) groups is 1. The van der Waals surface area contributed by atoms with Gasteiger partial charge in [-0.2, -0.15) is 0 Å². The van der Waals surface area contributed by atoms with Crippen LogP contribution in [-0.2, 0) is 6.42 Å². The molecule has 1 aliphatic heterocycles. The van der Waals surface area contributed by atoms with E-state index in [4.69, 9.17) is 9.47 Å². The smallest absolute Gasteiger partial charge is 0.261 e. The van der Waals surface area contributed by atoms with Crippen LogP contribution in [0.3, 0.4) is 0 Å². The predicted octanol–water partition coefficient (Wildman–Crippen LogP) is 3.23. The van der Waals surface area contributed by atoms with Gasteiger partial charge in [-0.1, -0.05) is 25.1 Å². The highest BCUT2D eigenvalue weighted by atomic mass is 16.5. The van der Waals surface area contributed by atoms with Gasteiger partial charge in [0.05, 0.1) is 14.2 Å². The molecule has 0 atom stereocenters. The molecule has 3 rings (SSSR count). The molecule has 0 N–H and O–H groups in total. The van der Waals surface area contributed by atoms with Gasteiger partial charge in [0.2, 0.25) is 0 Å². The van der Waals surface area contributed by atoms with E-state index >= 15 is 0 Å². The summed E-state index contributed by atoms with van der Waals surface area (Å²) >= 11 is 0. The second-order valence-electron chi connectivity index (χ2n) is 6.34. The van der Waals surface area contributed by atoms with Crippen molar-refractivity contribution in [3.8, 4) is 11.5 Å². The van der Waals surface area contributed by atoms with Gasteiger partial charge in [-0.25, -0.2) is 0 Å². The summed E-state index contributed by atoms with van der Waals surface area (Å²) in [6.07, 6.45) is 1.04. The third-order valence-corrected chi connectivity index (χ3v) is 4.92. The first-order chi connectivity index (χ1) is 12.7. The fourth-order valence-electron chi connectivity index (χ4n) is 3.33. The Morgan fingerprint density at radius 2 is 1.50 bits per heavy atom. The number of hydrogen-bond acceptors (Lipinski definition) is 4. The number of nitrogens with zero attached hydrogens (tertiary/aromatic N) is 2. The van der Waals surface area contributed by atoms with Crippen LogP contribution in [0.15, 0.2) is 42.5 Å². The highest BCUT2D eigenvalue weighted by Crippen LogP contribution is 2.30. The summed E-state index contributed by atoms with van der Waals surface area (Å²) < 4.78 is 10.7. The summed E-state index contributed by atoms with van der Waals surface area (Å²) in [5.41, 5.74) is 3.05. The fraction of sp³-hybridized carbons (Fsp3) is 0.381. The van der Waals surface area contributed by atoms with Gasteiger partial charge in [0, 0.05) is 31.9 Å². The lowest BCUT2D eigenvalue weighted by atomic mass is 10.1. The van der Waals surface area contributed by atoms with Gasteiger partial charge in [0.1, 0.15) is 17.1 Å². The van der Waals surface area contributed by atoms with Gasteiger partial charge < -0.3 is 19.3 Å². The zero-order chi connectivity index (χ0) is 18.5. The van der Waals surface area contributed by atoms with Crippen LogP contribution in [0.5, 0.6) is 11.5 Å². The van der Waals surface area contributed by atoms with Gasteiger partial charge in [0.15, 0.2) is 0 Å². The van der Waals surface area contributed by atoms with E-state index in [1.807, 2.05) is 11.0 Å². The third kappa shape index (κ3) is 3.62. The van der Waals surface area contributed by atoms with Crippen LogP contribution in [-0.4, -0.2) is 51.2 Å². The summed E-state index contributed by atoms with van der Waals surface area (Å²) in [6.45, 7) is 5.14. The Hall–Kier alpha value is -2.69. The van der Waals surface area contributed by atoms with Crippen LogP contribution in [0, 0.1) is 0 Å². The van der Waals surface area contributed by atoms with Crippen molar-refractivity contribution in [1.82, 2.24) is 4.90 Å². The van der Waals surface area contributed by atoms with Gasteiger partial charge in [-0.05, 0) is 36.2 Å². The molecule has 0 aliphatic carbocycles. The number of anilines is 1. The highest BCUT2D eigenvalue weighted by molar-refractivity contribution is 5.99. The molecular formula is C21H26N2O3. The molecule has 138 valence electrons. The minimum Gasteiger partial charge on any atom is -0.496 e. The van der Waals surface area contributed by atoms with Crippen LogP contribution in [0.4, 0.5) is 5.69 Å². The Bertz CT molecular complexity index is 728. The second-order valence-corrected chi connectivity index (χ2v) is 6.34. The lowest BCUT2D eigenvalue weighted by Crippen LogP contribution is -2.48. The Morgan fingerprint density at radius 1 is 0.923 bits per heavy atom. The molecule has 0 unspecified atom stereocenters. The number of hydrogen-bond donors (Lipinski definition) is 0. The van der Waals surface area contributed by atoms with Crippen molar-refractivity contribution in [3.63, 3.8) is 0 Å². The van der Waals surface area contributed by atoms with Crippen LogP contribution in [0.1, 0.15) is 22.8 Å². The number of rotatable bonds is 5. The molecule has 1 saturated heterocycles. The maximum Gasteiger partial charge on any atom is 0.261 e. The van der Waals surface area contributed by atoms with Crippen LogP contribution in [0.25, 0.3) is 0 Å². The SMILES string of the molecule is CCc1ccc(N2CCN(C(=O)c3c(OC)cccc3OC)CC2)cc1. The third-order valence-electron chi connectivity index (χ3n) is 4.92. The van der Waals surface area contributed by atoms with Crippen molar-refractivity contribution in [2.24, 2.45) is 0 Å². The number of carbonyl (C=O) groups excluding carboxylic acids is 1. The topological polar surface area (TPSA) is 42.0 Å². The van der Waals surface area contributed by atoms with E-state index in [1.54, 1.807) is 26.4 Å². The normalized spacial score (nSPS) is 14.3. The van der Waals surface area contributed by atoms with Crippen molar-refractivity contribution in [1.29, 1.82) is 0 Å². The van der Waals surface area contributed by atoms with Crippen molar-refractivity contribution in [3.05, 3.63) is 53.6 Å².